The molecule has 1 atom stereocenters. The first-order valence-electron chi connectivity index (χ1n) is 5.22. The summed E-state index contributed by atoms with van der Waals surface area (Å²) < 4.78 is 0. The summed E-state index contributed by atoms with van der Waals surface area (Å²) >= 11 is 1.59. The van der Waals surface area contributed by atoms with Crippen LogP contribution in [0.25, 0.3) is 0 Å². The SMILES string of the molecule is CCC1(C)C(=O)NC(=O)N1Cc1ccsc1. The Kier molecular flexibility index (Phi) is 2.71. The minimum atomic E-state index is -0.709. The Morgan fingerprint density at radius 1 is 1.50 bits per heavy atom. The maximum Gasteiger partial charge on any atom is 0.325 e. The Balaban J connectivity index is 2.24. The van der Waals surface area contributed by atoms with E-state index in [1.165, 1.54) is 0 Å². The number of imide groups is 1. The fraction of sp³-hybridized carbons (Fsp3) is 0.455. The molecule has 16 heavy (non-hydrogen) atoms. The summed E-state index contributed by atoms with van der Waals surface area (Å²) in [5, 5.41) is 6.33. The lowest BCUT2D eigenvalue weighted by Gasteiger charge is -2.30. The van der Waals surface area contributed by atoms with Crippen LogP contribution in [-0.2, 0) is 11.3 Å². The molecule has 0 saturated carbocycles. The normalized spacial score (nSPS) is 25.0. The Morgan fingerprint density at radius 2 is 2.25 bits per heavy atom. The van der Waals surface area contributed by atoms with Crippen LogP contribution < -0.4 is 5.32 Å². The number of amides is 3. The van der Waals surface area contributed by atoms with Gasteiger partial charge in [0.15, 0.2) is 0 Å². The quantitative estimate of drug-likeness (QED) is 0.818. The number of hydrogen-bond acceptors (Lipinski definition) is 3. The number of nitrogens with one attached hydrogen (secondary N) is 1. The first-order chi connectivity index (χ1) is 7.58. The Morgan fingerprint density at radius 3 is 2.81 bits per heavy atom. The van der Waals surface area contributed by atoms with Gasteiger partial charge in [0, 0.05) is 6.54 Å². The zero-order valence-electron chi connectivity index (χ0n) is 9.32. The van der Waals surface area contributed by atoms with E-state index in [0.29, 0.717) is 13.0 Å². The molecule has 1 aromatic heterocycles. The average molecular weight is 238 g/mol. The standard InChI is InChI=1S/C11H14N2O2S/c1-3-11(2)9(14)12-10(15)13(11)6-8-4-5-16-7-8/h4-5,7H,3,6H2,1-2H3,(H,12,14,15). The summed E-state index contributed by atoms with van der Waals surface area (Å²) in [6.45, 7) is 4.21. The molecule has 0 bridgehead atoms. The molecule has 1 aliphatic heterocycles. The molecule has 5 heteroatoms. The summed E-state index contributed by atoms with van der Waals surface area (Å²) in [5.74, 6) is -0.199. The molecular formula is C11H14N2O2S. The van der Waals surface area contributed by atoms with E-state index in [-0.39, 0.29) is 11.9 Å². The second-order valence-electron chi connectivity index (χ2n) is 4.10. The van der Waals surface area contributed by atoms with Crippen LogP contribution in [0.3, 0.4) is 0 Å². The highest BCUT2D eigenvalue weighted by atomic mass is 32.1. The first-order valence-corrected chi connectivity index (χ1v) is 6.16. The molecule has 1 aromatic rings. The summed E-state index contributed by atoms with van der Waals surface area (Å²) in [6, 6.07) is 1.68. The lowest BCUT2D eigenvalue weighted by atomic mass is 9.97. The van der Waals surface area contributed by atoms with Crippen LogP contribution >= 0.6 is 11.3 Å². The van der Waals surface area contributed by atoms with Gasteiger partial charge in [0.05, 0.1) is 0 Å². The van der Waals surface area contributed by atoms with Crippen molar-refractivity contribution in [2.75, 3.05) is 0 Å². The van der Waals surface area contributed by atoms with E-state index in [4.69, 9.17) is 0 Å². The van der Waals surface area contributed by atoms with Crippen molar-refractivity contribution in [3.05, 3.63) is 22.4 Å². The molecule has 0 aliphatic carbocycles. The van der Waals surface area contributed by atoms with Gasteiger partial charge in [-0.05, 0) is 35.7 Å². The van der Waals surface area contributed by atoms with Gasteiger partial charge in [-0.15, -0.1) is 0 Å². The van der Waals surface area contributed by atoms with Crippen molar-refractivity contribution < 1.29 is 9.59 Å². The molecule has 2 rings (SSSR count). The van der Waals surface area contributed by atoms with E-state index >= 15 is 0 Å². The van der Waals surface area contributed by atoms with Gasteiger partial charge in [-0.3, -0.25) is 10.1 Å². The molecule has 1 aliphatic rings. The Hall–Kier alpha value is -1.36. The largest absolute Gasteiger partial charge is 0.325 e. The zero-order valence-corrected chi connectivity index (χ0v) is 10.1. The number of carbonyl (C=O) groups excluding carboxylic acids is 2. The van der Waals surface area contributed by atoms with Crippen LogP contribution in [-0.4, -0.2) is 22.4 Å². The predicted molar refractivity (Wildman–Crippen MR) is 62.1 cm³/mol. The van der Waals surface area contributed by atoms with E-state index in [2.05, 4.69) is 5.32 Å². The molecule has 86 valence electrons. The van der Waals surface area contributed by atoms with Crippen molar-refractivity contribution in [2.45, 2.75) is 32.4 Å². The average Bonchev–Trinajstić information content (AvgIpc) is 2.83. The third kappa shape index (κ3) is 1.61. The van der Waals surface area contributed by atoms with E-state index in [9.17, 15) is 9.59 Å². The molecule has 0 radical (unpaired) electrons. The van der Waals surface area contributed by atoms with Gasteiger partial charge in [0.25, 0.3) is 5.91 Å². The first kappa shape index (κ1) is 11.1. The lowest BCUT2D eigenvalue weighted by molar-refractivity contribution is -0.126. The van der Waals surface area contributed by atoms with Crippen molar-refractivity contribution >= 4 is 23.3 Å². The van der Waals surface area contributed by atoms with Gasteiger partial charge >= 0.3 is 6.03 Å². The van der Waals surface area contributed by atoms with Crippen LogP contribution in [0.4, 0.5) is 4.79 Å². The van der Waals surface area contributed by atoms with Gasteiger partial charge < -0.3 is 4.90 Å². The van der Waals surface area contributed by atoms with Gasteiger partial charge in [0.1, 0.15) is 5.54 Å². The Labute approximate surface area is 98.3 Å². The van der Waals surface area contributed by atoms with E-state index in [0.717, 1.165) is 5.56 Å². The van der Waals surface area contributed by atoms with Crippen LogP contribution in [0.15, 0.2) is 16.8 Å². The summed E-state index contributed by atoms with van der Waals surface area (Å²) in [6.07, 6.45) is 0.620. The van der Waals surface area contributed by atoms with Crippen molar-refractivity contribution in [1.82, 2.24) is 10.2 Å². The molecule has 3 amide bonds. The highest BCUT2D eigenvalue weighted by Gasteiger charge is 2.47. The van der Waals surface area contributed by atoms with E-state index in [1.807, 2.05) is 23.8 Å². The molecule has 0 spiro atoms. The van der Waals surface area contributed by atoms with Crippen molar-refractivity contribution in [1.29, 1.82) is 0 Å². The number of urea groups is 1. The maximum absolute atomic E-state index is 11.7. The smallest absolute Gasteiger partial charge is 0.306 e. The topological polar surface area (TPSA) is 49.4 Å². The summed E-state index contributed by atoms with van der Waals surface area (Å²) in [7, 11) is 0. The van der Waals surface area contributed by atoms with Crippen LogP contribution in [0, 0.1) is 0 Å². The monoisotopic (exact) mass is 238 g/mol. The summed E-state index contributed by atoms with van der Waals surface area (Å²) in [4.78, 5) is 25.0. The molecular weight excluding hydrogens is 224 g/mol. The molecule has 4 nitrogen and oxygen atoms in total. The molecule has 1 unspecified atom stereocenters. The van der Waals surface area contributed by atoms with Crippen molar-refractivity contribution in [3.8, 4) is 0 Å². The molecule has 0 aromatic carbocycles. The van der Waals surface area contributed by atoms with Gasteiger partial charge in [-0.2, -0.15) is 11.3 Å². The third-order valence-corrected chi connectivity index (χ3v) is 3.89. The van der Waals surface area contributed by atoms with Crippen LogP contribution in [0.5, 0.6) is 0 Å². The summed E-state index contributed by atoms with van der Waals surface area (Å²) in [5.41, 5.74) is 0.355. The predicted octanol–water partition coefficient (Wildman–Crippen LogP) is 1.97. The fourth-order valence-electron chi connectivity index (χ4n) is 1.81. The second kappa shape index (κ2) is 3.90. The lowest BCUT2D eigenvalue weighted by Crippen LogP contribution is -2.45. The number of hydrogen-bond donors (Lipinski definition) is 1. The second-order valence-corrected chi connectivity index (χ2v) is 4.88. The molecule has 2 heterocycles. The van der Waals surface area contributed by atoms with Crippen molar-refractivity contribution in [3.63, 3.8) is 0 Å². The van der Waals surface area contributed by atoms with Gasteiger partial charge in [-0.25, -0.2) is 4.79 Å². The van der Waals surface area contributed by atoms with E-state index in [1.54, 1.807) is 23.2 Å². The van der Waals surface area contributed by atoms with Crippen LogP contribution in [0.2, 0.25) is 0 Å². The minimum absolute atomic E-state index is 0.199. The van der Waals surface area contributed by atoms with Crippen molar-refractivity contribution in [2.24, 2.45) is 0 Å². The van der Waals surface area contributed by atoms with E-state index < -0.39 is 5.54 Å². The van der Waals surface area contributed by atoms with Crippen LogP contribution in [0.1, 0.15) is 25.8 Å². The molecule has 1 fully saturated rings. The number of nitrogens with zero attached hydrogens (tertiary/aromatic N) is 1. The van der Waals surface area contributed by atoms with Gasteiger partial charge in [0.2, 0.25) is 0 Å². The number of carbonyl (C=O) groups is 2. The fourth-order valence-corrected chi connectivity index (χ4v) is 2.47. The minimum Gasteiger partial charge on any atom is -0.306 e. The van der Waals surface area contributed by atoms with Gasteiger partial charge in [-0.1, -0.05) is 6.92 Å². The third-order valence-electron chi connectivity index (χ3n) is 3.16. The number of thiophene rings is 1. The highest BCUT2D eigenvalue weighted by molar-refractivity contribution is 7.07. The molecule has 1 N–H and O–H groups in total. The zero-order chi connectivity index (χ0) is 11.8. The molecule has 1 saturated heterocycles. The highest BCUT2D eigenvalue weighted by Crippen LogP contribution is 2.27. The maximum atomic E-state index is 11.7. The number of rotatable bonds is 3. The Bertz CT molecular complexity index is 416.